The summed E-state index contributed by atoms with van der Waals surface area (Å²) in [5.74, 6) is 0.0328. The molecule has 2 heterocycles. The number of fused-ring (bicyclic) bond motifs is 1. The molecule has 0 amide bonds. The monoisotopic (exact) mass is 313 g/mol. The van der Waals surface area contributed by atoms with Gasteiger partial charge in [0.1, 0.15) is 18.2 Å². The highest BCUT2D eigenvalue weighted by Crippen LogP contribution is 2.25. The molecule has 0 spiro atoms. The second-order valence-corrected chi connectivity index (χ2v) is 4.51. The number of carboxylic acid groups (broad SMARTS) is 1. The molecular formula is C12H15N3O5S. The Labute approximate surface area is 124 Å². The number of aliphatic hydroxyl groups excluding tert-OH is 1. The predicted molar refractivity (Wildman–Crippen MR) is 77.2 cm³/mol. The molecule has 0 saturated heterocycles. The summed E-state index contributed by atoms with van der Waals surface area (Å²) >= 11 is 1.47. The van der Waals surface area contributed by atoms with Crippen LogP contribution in [0.3, 0.4) is 0 Å². The first kappa shape index (κ1) is 16.8. The normalized spacial score (nSPS) is 11.1. The van der Waals surface area contributed by atoms with Gasteiger partial charge >= 0.3 is 5.97 Å². The molecule has 0 bridgehead atoms. The molecule has 9 heteroatoms. The van der Waals surface area contributed by atoms with E-state index >= 15 is 0 Å². The second-order valence-electron chi connectivity index (χ2n) is 3.59. The summed E-state index contributed by atoms with van der Waals surface area (Å²) in [6.07, 6.45) is 1.41. The first-order valence-electron chi connectivity index (χ1n) is 5.98. The zero-order valence-electron chi connectivity index (χ0n) is 11.2. The first-order chi connectivity index (χ1) is 10.2. The van der Waals surface area contributed by atoms with E-state index in [2.05, 4.69) is 15.3 Å². The summed E-state index contributed by atoms with van der Waals surface area (Å²) < 4.78 is 5.71. The topological polar surface area (TPSA) is 122 Å². The van der Waals surface area contributed by atoms with Gasteiger partial charge in [-0.3, -0.25) is 4.79 Å². The molecular weight excluding hydrogens is 298 g/mol. The molecule has 3 N–H and O–H groups in total. The molecule has 21 heavy (non-hydrogen) atoms. The van der Waals surface area contributed by atoms with Crippen LogP contribution < -0.4 is 5.32 Å². The Bertz CT molecular complexity index is 589. The predicted octanol–water partition coefficient (Wildman–Crippen LogP) is 0.728. The Morgan fingerprint density at radius 2 is 2.29 bits per heavy atom. The fraction of sp³-hybridized carbons (Fsp3) is 0.333. The second kappa shape index (κ2) is 8.82. The van der Waals surface area contributed by atoms with Crippen molar-refractivity contribution < 1.29 is 24.5 Å². The van der Waals surface area contributed by atoms with Gasteiger partial charge in [-0.1, -0.05) is 0 Å². The van der Waals surface area contributed by atoms with Crippen molar-refractivity contribution in [2.24, 2.45) is 0 Å². The molecule has 2 rings (SSSR count). The van der Waals surface area contributed by atoms with E-state index in [-0.39, 0.29) is 19.7 Å². The van der Waals surface area contributed by atoms with Crippen molar-refractivity contribution in [2.75, 3.05) is 18.5 Å². The van der Waals surface area contributed by atoms with Crippen LogP contribution in [0.25, 0.3) is 10.2 Å². The Morgan fingerprint density at radius 3 is 2.90 bits per heavy atom. The number of carbonyl (C=O) groups is 2. The third-order valence-electron chi connectivity index (χ3n) is 2.31. The maximum atomic E-state index is 11.6. The molecule has 0 aliphatic heterocycles. The van der Waals surface area contributed by atoms with Crippen molar-refractivity contribution >= 4 is 39.8 Å². The lowest BCUT2D eigenvalue weighted by molar-refractivity contribution is -0.144. The fourth-order valence-electron chi connectivity index (χ4n) is 1.48. The highest BCUT2D eigenvalue weighted by molar-refractivity contribution is 7.17. The minimum Gasteiger partial charge on any atom is -0.483 e. The number of thiophene rings is 1. The number of hydrogen-bond acceptors (Lipinski definition) is 8. The van der Waals surface area contributed by atoms with E-state index in [1.165, 1.54) is 17.7 Å². The van der Waals surface area contributed by atoms with Crippen LogP contribution in [0.5, 0.6) is 0 Å². The Hall–Kier alpha value is -2.26. The summed E-state index contributed by atoms with van der Waals surface area (Å²) in [6, 6.07) is 1.05. The highest BCUT2D eigenvalue weighted by atomic mass is 32.1. The quantitative estimate of drug-likeness (QED) is 0.545. The van der Waals surface area contributed by atoms with Crippen molar-refractivity contribution in [3.63, 3.8) is 0 Å². The maximum absolute atomic E-state index is 11.6. The van der Waals surface area contributed by atoms with Crippen LogP contribution >= 0.6 is 11.3 Å². The van der Waals surface area contributed by atoms with Crippen molar-refractivity contribution in [3.8, 4) is 0 Å². The standard InChI is InChI=1S/C11H13N3O3S.CH2O2/c1-2-17-11(16)8(5-15)14-10-9-7(3-4-18-9)12-6-13-10;2-1-3/h3-4,6,8,15H,2,5H2,1H3,(H,12,13,14);1H,(H,2,3)/t8-;/m1./s1. The molecule has 114 valence electrons. The Morgan fingerprint density at radius 1 is 1.57 bits per heavy atom. The number of nitrogens with zero attached hydrogens (tertiary/aromatic N) is 2. The number of hydrogen-bond donors (Lipinski definition) is 3. The Balaban J connectivity index is 0.000000677. The summed E-state index contributed by atoms with van der Waals surface area (Å²) in [6.45, 7) is 1.39. The third-order valence-corrected chi connectivity index (χ3v) is 3.22. The smallest absolute Gasteiger partial charge is 0.331 e. The molecule has 1 atom stereocenters. The number of carbonyl (C=O) groups excluding carboxylic acids is 1. The molecule has 2 aromatic heterocycles. The molecule has 2 aromatic rings. The van der Waals surface area contributed by atoms with Gasteiger partial charge in [0.15, 0.2) is 0 Å². The SMILES string of the molecule is CCOC(=O)[C@@H](CO)Nc1ncnc2ccsc12.O=CO. The average molecular weight is 313 g/mol. The number of esters is 1. The van der Waals surface area contributed by atoms with Crippen LogP contribution in [0.15, 0.2) is 17.8 Å². The van der Waals surface area contributed by atoms with Crippen molar-refractivity contribution in [3.05, 3.63) is 17.8 Å². The lowest BCUT2D eigenvalue weighted by atomic mass is 10.3. The zero-order chi connectivity index (χ0) is 15.7. The van der Waals surface area contributed by atoms with Crippen LogP contribution in [0.1, 0.15) is 6.92 Å². The number of nitrogens with one attached hydrogen (secondary N) is 1. The van der Waals surface area contributed by atoms with E-state index in [0.29, 0.717) is 5.82 Å². The van der Waals surface area contributed by atoms with Crippen LogP contribution in [0.2, 0.25) is 0 Å². The van der Waals surface area contributed by atoms with E-state index in [1.54, 1.807) is 6.92 Å². The van der Waals surface area contributed by atoms with Gasteiger partial charge in [0, 0.05) is 0 Å². The van der Waals surface area contributed by atoms with Crippen LogP contribution in [0.4, 0.5) is 5.82 Å². The molecule has 0 fully saturated rings. The number of aromatic nitrogens is 2. The van der Waals surface area contributed by atoms with Gasteiger partial charge in [-0.2, -0.15) is 0 Å². The van der Waals surface area contributed by atoms with E-state index in [0.717, 1.165) is 10.2 Å². The van der Waals surface area contributed by atoms with Crippen LogP contribution in [-0.2, 0) is 14.3 Å². The van der Waals surface area contributed by atoms with E-state index in [9.17, 15) is 9.90 Å². The summed E-state index contributed by atoms with van der Waals surface area (Å²) in [4.78, 5) is 28.1. The zero-order valence-corrected chi connectivity index (χ0v) is 12.0. The maximum Gasteiger partial charge on any atom is 0.331 e. The minimum atomic E-state index is -0.815. The van der Waals surface area contributed by atoms with Gasteiger partial charge < -0.3 is 20.3 Å². The van der Waals surface area contributed by atoms with Gasteiger partial charge in [0.05, 0.1) is 23.4 Å². The Kier molecular flexibility index (Phi) is 7.05. The van der Waals surface area contributed by atoms with Crippen LogP contribution in [-0.4, -0.2) is 51.9 Å². The summed E-state index contributed by atoms with van der Waals surface area (Å²) in [5.41, 5.74) is 0.804. The number of anilines is 1. The highest BCUT2D eigenvalue weighted by Gasteiger charge is 2.20. The van der Waals surface area contributed by atoms with E-state index in [1.807, 2.05) is 11.4 Å². The summed E-state index contributed by atoms with van der Waals surface area (Å²) in [5, 5.41) is 20.9. The van der Waals surface area contributed by atoms with E-state index in [4.69, 9.17) is 14.6 Å². The van der Waals surface area contributed by atoms with Crippen molar-refractivity contribution in [1.29, 1.82) is 0 Å². The van der Waals surface area contributed by atoms with Gasteiger partial charge in [0.25, 0.3) is 6.47 Å². The molecule has 8 nitrogen and oxygen atoms in total. The van der Waals surface area contributed by atoms with Gasteiger partial charge in [-0.25, -0.2) is 14.8 Å². The molecule has 0 aromatic carbocycles. The van der Waals surface area contributed by atoms with Crippen molar-refractivity contribution in [2.45, 2.75) is 13.0 Å². The molecule has 0 aliphatic carbocycles. The van der Waals surface area contributed by atoms with Gasteiger partial charge in [-0.15, -0.1) is 11.3 Å². The first-order valence-corrected chi connectivity index (χ1v) is 6.85. The lowest BCUT2D eigenvalue weighted by Crippen LogP contribution is -2.35. The van der Waals surface area contributed by atoms with Gasteiger partial charge in [0.2, 0.25) is 0 Å². The molecule has 0 saturated carbocycles. The molecule has 0 radical (unpaired) electrons. The van der Waals surface area contributed by atoms with Crippen molar-refractivity contribution in [1.82, 2.24) is 9.97 Å². The number of aliphatic hydroxyl groups is 1. The largest absolute Gasteiger partial charge is 0.483 e. The average Bonchev–Trinajstić information content (AvgIpc) is 2.95. The molecule has 0 aliphatic rings. The number of ether oxygens (including phenoxy) is 1. The minimum absolute atomic E-state index is 0.250. The number of rotatable bonds is 5. The lowest BCUT2D eigenvalue weighted by Gasteiger charge is -2.15. The van der Waals surface area contributed by atoms with Gasteiger partial charge in [-0.05, 0) is 18.4 Å². The fourth-order valence-corrected chi connectivity index (χ4v) is 2.28. The van der Waals surface area contributed by atoms with Crippen LogP contribution in [0, 0.1) is 0 Å². The molecule has 0 unspecified atom stereocenters. The third kappa shape index (κ3) is 4.65. The van der Waals surface area contributed by atoms with E-state index < -0.39 is 12.0 Å². The summed E-state index contributed by atoms with van der Waals surface area (Å²) in [7, 11) is 0.